The summed E-state index contributed by atoms with van der Waals surface area (Å²) in [5.41, 5.74) is 1.24. The standard InChI is InChI=1S/C18H27N3O3/c1-23-11-5-18(22)21-8-4-16(20-9-12-24-13-10-20)17(21)14-15-2-6-19-7-3-15/h2-3,6-7,16-17H,4-5,8-14H2,1H3/t16-,17+/m0/s1. The SMILES string of the molecule is COCCC(=O)N1CC[C@H](N2CCOCC2)[C@H]1Cc1ccncc1. The van der Waals surface area contributed by atoms with Crippen LogP contribution in [-0.4, -0.2) is 79.3 Å². The quantitative estimate of drug-likeness (QED) is 0.776. The number of rotatable bonds is 6. The highest BCUT2D eigenvalue weighted by Gasteiger charge is 2.40. The fraction of sp³-hybridized carbons (Fsp3) is 0.667. The average molecular weight is 333 g/mol. The first-order valence-electron chi connectivity index (χ1n) is 8.78. The lowest BCUT2D eigenvalue weighted by atomic mass is 9.99. The van der Waals surface area contributed by atoms with Crippen LogP contribution in [0.1, 0.15) is 18.4 Å². The van der Waals surface area contributed by atoms with Crippen molar-refractivity contribution < 1.29 is 14.3 Å². The van der Waals surface area contributed by atoms with Gasteiger partial charge in [-0.25, -0.2) is 0 Å². The molecule has 6 nitrogen and oxygen atoms in total. The van der Waals surface area contributed by atoms with Gasteiger partial charge < -0.3 is 14.4 Å². The minimum Gasteiger partial charge on any atom is -0.384 e. The van der Waals surface area contributed by atoms with E-state index in [9.17, 15) is 4.79 Å². The number of carbonyl (C=O) groups is 1. The Morgan fingerprint density at radius 1 is 1.29 bits per heavy atom. The van der Waals surface area contributed by atoms with Gasteiger partial charge in [0.25, 0.3) is 0 Å². The van der Waals surface area contributed by atoms with Crippen LogP contribution in [0.4, 0.5) is 0 Å². The molecule has 0 unspecified atom stereocenters. The Morgan fingerprint density at radius 2 is 2.04 bits per heavy atom. The van der Waals surface area contributed by atoms with Gasteiger partial charge in [-0.3, -0.25) is 14.7 Å². The average Bonchev–Trinajstić information content (AvgIpc) is 3.05. The van der Waals surface area contributed by atoms with E-state index in [1.165, 1.54) is 5.56 Å². The molecular weight excluding hydrogens is 306 g/mol. The molecule has 3 heterocycles. The van der Waals surface area contributed by atoms with Crippen molar-refractivity contribution in [3.8, 4) is 0 Å². The molecule has 1 aromatic heterocycles. The Balaban J connectivity index is 1.74. The molecule has 2 atom stereocenters. The predicted molar refractivity (Wildman–Crippen MR) is 90.7 cm³/mol. The summed E-state index contributed by atoms with van der Waals surface area (Å²) in [6, 6.07) is 4.72. The molecule has 0 saturated carbocycles. The van der Waals surface area contributed by atoms with E-state index in [2.05, 4.69) is 14.8 Å². The number of likely N-dealkylation sites (tertiary alicyclic amines) is 1. The zero-order valence-electron chi connectivity index (χ0n) is 14.4. The lowest BCUT2D eigenvalue weighted by Crippen LogP contribution is -2.51. The van der Waals surface area contributed by atoms with Crippen molar-refractivity contribution in [3.63, 3.8) is 0 Å². The molecule has 0 aliphatic carbocycles. The zero-order valence-corrected chi connectivity index (χ0v) is 14.4. The van der Waals surface area contributed by atoms with Crippen LogP contribution in [0.25, 0.3) is 0 Å². The Morgan fingerprint density at radius 3 is 2.75 bits per heavy atom. The maximum Gasteiger partial charge on any atom is 0.225 e. The first-order valence-corrected chi connectivity index (χ1v) is 8.78. The van der Waals surface area contributed by atoms with E-state index in [0.29, 0.717) is 19.1 Å². The van der Waals surface area contributed by atoms with Crippen molar-refractivity contribution in [3.05, 3.63) is 30.1 Å². The summed E-state index contributed by atoms with van der Waals surface area (Å²) in [6.45, 7) is 4.81. The van der Waals surface area contributed by atoms with E-state index in [0.717, 1.165) is 45.7 Å². The number of methoxy groups -OCH3 is 1. The third-order valence-electron chi connectivity index (χ3n) is 5.06. The van der Waals surface area contributed by atoms with Crippen LogP contribution in [0.5, 0.6) is 0 Å². The number of ether oxygens (including phenoxy) is 2. The lowest BCUT2D eigenvalue weighted by Gasteiger charge is -2.37. The fourth-order valence-electron chi connectivity index (χ4n) is 3.82. The van der Waals surface area contributed by atoms with Crippen LogP contribution in [0.15, 0.2) is 24.5 Å². The van der Waals surface area contributed by atoms with Gasteiger partial charge in [0.15, 0.2) is 0 Å². The van der Waals surface area contributed by atoms with Crippen LogP contribution in [0.2, 0.25) is 0 Å². The van der Waals surface area contributed by atoms with E-state index in [1.807, 2.05) is 24.5 Å². The van der Waals surface area contributed by atoms with Gasteiger partial charge >= 0.3 is 0 Å². The molecule has 0 N–H and O–H groups in total. The molecule has 2 fully saturated rings. The van der Waals surface area contributed by atoms with Gasteiger partial charge in [0.05, 0.1) is 32.3 Å². The molecule has 2 aliphatic rings. The summed E-state index contributed by atoms with van der Waals surface area (Å²) in [5.74, 6) is 0.201. The number of aromatic nitrogens is 1. The molecule has 132 valence electrons. The predicted octanol–water partition coefficient (Wildman–Crippen LogP) is 0.962. The van der Waals surface area contributed by atoms with E-state index in [1.54, 1.807) is 7.11 Å². The molecule has 2 saturated heterocycles. The van der Waals surface area contributed by atoms with Crippen LogP contribution >= 0.6 is 0 Å². The van der Waals surface area contributed by atoms with Crippen molar-refractivity contribution >= 4 is 5.91 Å². The first kappa shape index (κ1) is 17.3. The van der Waals surface area contributed by atoms with Crippen molar-refractivity contribution in [2.45, 2.75) is 31.3 Å². The van der Waals surface area contributed by atoms with Gasteiger partial charge in [0, 0.05) is 45.2 Å². The molecule has 2 aliphatic heterocycles. The van der Waals surface area contributed by atoms with Gasteiger partial charge in [-0.15, -0.1) is 0 Å². The highest BCUT2D eigenvalue weighted by Crippen LogP contribution is 2.27. The van der Waals surface area contributed by atoms with E-state index in [-0.39, 0.29) is 11.9 Å². The zero-order chi connectivity index (χ0) is 16.8. The Hall–Kier alpha value is -1.50. The molecule has 24 heavy (non-hydrogen) atoms. The molecule has 1 aromatic rings. The monoisotopic (exact) mass is 333 g/mol. The second-order valence-electron chi connectivity index (χ2n) is 6.46. The van der Waals surface area contributed by atoms with Gasteiger partial charge in [0.2, 0.25) is 5.91 Å². The summed E-state index contributed by atoms with van der Waals surface area (Å²) < 4.78 is 10.6. The number of nitrogens with zero attached hydrogens (tertiary/aromatic N) is 3. The largest absolute Gasteiger partial charge is 0.384 e. The van der Waals surface area contributed by atoms with Crippen molar-refractivity contribution in [1.82, 2.24) is 14.8 Å². The molecule has 6 heteroatoms. The highest BCUT2D eigenvalue weighted by molar-refractivity contribution is 5.77. The Kier molecular flexibility index (Phi) is 6.18. The number of amides is 1. The maximum atomic E-state index is 12.6. The number of pyridine rings is 1. The summed E-state index contributed by atoms with van der Waals surface area (Å²) in [6.07, 6.45) is 6.02. The Bertz CT molecular complexity index is 520. The smallest absolute Gasteiger partial charge is 0.225 e. The molecular formula is C18H27N3O3. The minimum atomic E-state index is 0.201. The van der Waals surface area contributed by atoms with E-state index >= 15 is 0 Å². The number of hydrogen-bond acceptors (Lipinski definition) is 5. The molecule has 0 radical (unpaired) electrons. The summed E-state index contributed by atoms with van der Waals surface area (Å²) in [5, 5.41) is 0. The lowest BCUT2D eigenvalue weighted by molar-refractivity contribution is -0.133. The van der Waals surface area contributed by atoms with Crippen LogP contribution in [0.3, 0.4) is 0 Å². The van der Waals surface area contributed by atoms with Crippen LogP contribution in [0, 0.1) is 0 Å². The van der Waals surface area contributed by atoms with Gasteiger partial charge in [-0.1, -0.05) is 0 Å². The Labute approximate surface area is 143 Å². The molecule has 1 amide bonds. The topological polar surface area (TPSA) is 54.9 Å². The van der Waals surface area contributed by atoms with Gasteiger partial charge in [-0.2, -0.15) is 0 Å². The highest BCUT2D eigenvalue weighted by atomic mass is 16.5. The van der Waals surface area contributed by atoms with Crippen molar-refractivity contribution in [2.75, 3.05) is 46.6 Å². The van der Waals surface area contributed by atoms with Crippen LogP contribution < -0.4 is 0 Å². The second kappa shape index (κ2) is 8.55. The van der Waals surface area contributed by atoms with Gasteiger partial charge in [-0.05, 0) is 30.5 Å². The normalized spacial score (nSPS) is 25.1. The van der Waals surface area contributed by atoms with E-state index in [4.69, 9.17) is 9.47 Å². The minimum absolute atomic E-state index is 0.201. The first-order chi connectivity index (χ1) is 11.8. The summed E-state index contributed by atoms with van der Waals surface area (Å²) in [7, 11) is 1.64. The van der Waals surface area contributed by atoms with Crippen molar-refractivity contribution in [1.29, 1.82) is 0 Å². The van der Waals surface area contributed by atoms with Gasteiger partial charge in [0.1, 0.15) is 0 Å². The number of morpholine rings is 1. The summed E-state index contributed by atoms with van der Waals surface area (Å²) >= 11 is 0. The third kappa shape index (κ3) is 4.12. The van der Waals surface area contributed by atoms with E-state index < -0.39 is 0 Å². The fourth-order valence-corrected chi connectivity index (χ4v) is 3.82. The number of hydrogen-bond donors (Lipinski definition) is 0. The summed E-state index contributed by atoms with van der Waals surface area (Å²) in [4.78, 5) is 21.3. The third-order valence-corrected chi connectivity index (χ3v) is 5.06. The molecule has 0 aromatic carbocycles. The molecule has 3 rings (SSSR count). The second-order valence-corrected chi connectivity index (χ2v) is 6.46. The molecule has 0 spiro atoms. The van der Waals surface area contributed by atoms with Crippen molar-refractivity contribution in [2.24, 2.45) is 0 Å². The maximum absolute atomic E-state index is 12.6. The number of carbonyl (C=O) groups excluding carboxylic acids is 1. The van der Waals surface area contributed by atoms with Crippen LogP contribution in [-0.2, 0) is 20.7 Å². The molecule has 0 bridgehead atoms.